The Balaban J connectivity index is 1.30. The third-order valence-electron chi connectivity index (χ3n) is 7.76. The zero-order chi connectivity index (χ0) is 22.7. The van der Waals surface area contributed by atoms with Crippen molar-refractivity contribution in [3.05, 3.63) is 83.8 Å². The summed E-state index contributed by atoms with van der Waals surface area (Å²) in [5.41, 5.74) is 3.74. The molecule has 2 aromatic heterocycles. The fraction of sp³-hybridized carbons (Fsp3) is 0.429. The van der Waals surface area contributed by atoms with E-state index in [4.69, 9.17) is 0 Å². The molecule has 4 aromatic rings. The summed E-state index contributed by atoms with van der Waals surface area (Å²) in [5.74, 6) is 1.72. The van der Waals surface area contributed by atoms with Crippen LogP contribution in [0.25, 0.3) is 10.9 Å². The van der Waals surface area contributed by atoms with Gasteiger partial charge in [0.1, 0.15) is 0 Å². The van der Waals surface area contributed by atoms with Gasteiger partial charge in [0.25, 0.3) is 0 Å². The highest BCUT2D eigenvalue weighted by molar-refractivity contribution is 5.79. The van der Waals surface area contributed by atoms with Gasteiger partial charge in [0.2, 0.25) is 0 Å². The number of rotatable bonds is 6. The first-order valence-electron chi connectivity index (χ1n) is 12.8. The lowest BCUT2D eigenvalue weighted by Gasteiger charge is -2.37. The summed E-state index contributed by atoms with van der Waals surface area (Å²) in [6.07, 6.45) is 10.3. The topological polar surface area (TPSA) is 59.7 Å². The Kier molecular flexibility index (Phi) is 6.06. The van der Waals surface area contributed by atoms with Crippen LogP contribution < -0.4 is 0 Å². The highest BCUT2D eigenvalue weighted by Crippen LogP contribution is 2.36. The quantitative estimate of drug-likeness (QED) is 0.393. The summed E-state index contributed by atoms with van der Waals surface area (Å²) < 4.78 is 2.14. The molecule has 34 heavy (non-hydrogen) atoms. The number of likely N-dealkylation sites (tertiary alicyclic amines) is 1. The van der Waals surface area contributed by atoms with Gasteiger partial charge in [-0.3, -0.25) is 9.88 Å². The van der Waals surface area contributed by atoms with Crippen LogP contribution >= 0.6 is 0 Å². The lowest BCUT2D eigenvalue weighted by molar-refractivity contribution is 0.142. The summed E-state index contributed by atoms with van der Waals surface area (Å²) >= 11 is 0. The van der Waals surface area contributed by atoms with Gasteiger partial charge in [-0.15, -0.1) is 5.10 Å². The molecule has 6 heteroatoms. The van der Waals surface area contributed by atoms with Gasteiger partial charge in [-0.25, -0.2) is 4.68 Å². The maximum absolute atomic E-state index is 4.62. The fourth-order valence-electron chi connectivity index (χ4n) is 5.94. The third kappa shape index (κ3) is 4.34. The lowest BCUT2D eigenvalue weighted by Crippen LogP contribution is -2.39. The molecule has 1 saturated heterocycles. The molecule has 3 heterocycles. The minimum atomic E-state index is 0.0675. The van der Waals surface area contributed by atoms with Gasteiger partial charge in [-0.05, 0) is 90.9 Å². The number of nitrogens with zero attached hydrogens (tertiary/aromatic N) is 6. The van der Waals surface area contributed by atoms with Gasteiger partial charge in [0.15, 0.2) is 5.82 Å². The Hall–Kier alpha value is -3.12. The van der Waals surface area contributed by atoms with E-state index in [1.54, 1.807) is 0 Å². The van der Waals surface area contributed by atoms with E-state index < -0.39 is 0 Å². The zero-order valence-corrected chi connectivity index (χ0v) is 19.6. The van der Waals surface area contributed by atoms with Crippen LogP contribution in [0, 0.1) is 5.92 Å². The van der Waals surface area contributed by atoms with Crippen molar-refractivity contribution >= 4 is 10.9 Å². The molecule has 0 bridgehead atoms. The molecular weight excluding hydrogens is 420 g/mol. The van der Waals surface area contributed by atoms with E-state index in [0.29, 0.717) is 6.04 Å². The number of aromatic nitrogens is 5. The van der Waals surface area contributed by atoms with Crippen molar-refractivity contribution < 1.29 is 0 Å². The van der Waals surface area contributed by atoms with Crippen LogP contribution in [-0.2, 0) is 6.42 Å². The molecule has 6 nitrogen and oxygen atoms in total. The van der Waals surface area contributed by atoms with Gasteiger partial charge in [-0.2, -0.15) is 0 Å². The molecule has 1 atom stereocenters. The average Bonchev–Trinajstić information content (AvgIpc) is 3.58. The number of fused-ring (bicyclic) bond motifs is 1. The predicted octanol–water partition coefficient (Wildman–Crippen LogP) is 5.38. The molecule has 6 rings (SSSR count). The van der Waals surface area contributed by atoms with E-state index in [-0.39, 0.29) is 6.04 Å². The Bertz CT molecular complexity index is 1220. The minimum Gasteiger partial charge on any atom is -0.290 e. The summed E-state index contributed by atoms with van der Waals surface area (Å²) in [7, 11) is 0. The molecule has 1 aliphatic carbocycles. The SMILES string of the molecule is c1ccc(CC2CCN(C(c3ccc4ncccc4c3)c3nnnn3C3CCCC3)CC2)cc1. The van der Waals surface area contributed by atoms with Crippen LogP contribution in [0.1, 0.15) is 67.6 Å². The maximum Gasteiger partial charge on any atom is 0.173 e. The molecule has 2 aromatic carbocycles. The third-order valence-corrected chi connectivity index (χ3v) is 7.76. The van der Waals surface area contributed by atoms with E-state index in [9.17, 15) is 0 Å². The Morgan fingerprint density at radius 1 is 0.882 bits per heavy atom. The zero-order valence-electron chi connectivity index (χ0n) is 19.6. The molecule has 1 saturated carbocycles. The number of tetrazole rings is 1. The van der Waals surface area contributed by atoms with E-state index >= 15 is 0 Å². The van der Waals surface area contributed by atoms with Crippen LogP contribution in [0.3, 0.4) is 0 Å². The van der Waals surface area contributed by atoms with Gasteiger partial charge in [0, 0.05) is 11.6 Å². The van der Waals surface area contributed by atoms with Crippen LogP contribution in [0.5, 0.6) is 0 Å². The van der Waals surface area contributed by atoms with Crippen molar-refractivity contribution in [3.63, 3.8) is 0 Å². The van der Waals surface area contributed by atoms with E-state index in [1.165, 1.54) is 61.5 Å². The average molecular weight is 453 g/mol. The van der Waals surface area contributed by atoms with Crippen molar-refractivity contribution in [3.8, 4) is 0 Å². The first-order chi connectivity index (χ1) is 16.8. The van der Waals surface area contributed by atoms with Crippen molar-refractivity contribution in [1.29, 1.82) is 0 Å². The number of benzene rings is 2. The number of piperidine rings is 1. The smallest absolute Gasteiger partial charge is 0.173 e. The molecule has 0 N–H and O–H groups in total. The molecule has 0 spiro atoms. The van der Waals surface area contributed by atoms with E-state index in [1.807, 2.05) is 12.3 Å². The number of hydrogen-bond donors (Lipinski definition) is 0. The lowest BCUT2D eigenvalue weighted by atomic mass is 9.88. The van der Waals surface area contributed by atoms with Crippen molar-refractivity contribution in [1.82, 2.24) is 30.1 Å². The first-order valence-corrected chi connectivity index (χ1v) is 12.8. The largest absolute Gasteiger partial charge is 0.290 e. The van der Waals surface area contributed by atoms with Gasteiger partial charge >= 0.3 is 0 Å². The summed E-state index contributed by atoms with van der Waals surface area (Å²) in [6.45, 7) is 2.12. The minimum absolute atomic E-state index is 0.0675. The van der Waals surface area contributed by atoms with Crippen LogP contribution in [0.2, 0.25) is 0 Å². The van der Waals surface area contributed by atoms with Crippen molar-refractivity contribution in [2.24, 2.45) is 5.92 Å². The van der Waals surface area contributed by atoms with Gasteiger partial charge < -0.3 is 0 Å². The second kappa shape index (κ2) is 9.63. The van der Waals surface area contributed by atoms with Gasteiger partial charge in [0.05, 0.1) is 17.6 Å². The molecule has 2 fully saturated rings. The van der Waals surface area contributed by atoms with Crippen LogP contribution in [0.4, 0.5) is 0 Å². The predicted molar refractivity (Wildman–Crippen MR) is 133 cm³/mol. The Labute approximate surface area is 201 Å². The monoisotopic (exact) mass is 452 g/mol. The number of hydrogen-bond acceptors (Lipinski definition) is 5. The van der Waals surface area contributed by atoms with Crippen molar-refractivity contribution in [2.45, 2.75) is 57.0 Å². The first kappa shape index (κ1) is 21.4. The molecule has 1 unspecified atom stereocenters. The summed E-state index contributed by atoms with van der Waals surface area (Å²) in [5, 5.41) is 14.4. The molecule has 1 aliphatic heterocycles. The normalized spacial score (nSPS) is 19.1. The van der Waals surface area contributed by atoms with Crippen LogP contribution in [-0.4, -0.2) is 43.2 Å². The number of pyridine rings is 1. The molecular formula is C28H32N6. The van der Waals surface area contributed by atoms with E-state index in [0.717, 1.165) is 30.3 Å². The van der Waals surface area contributed by atoms with Crippen molar-refractivity contribution in [2.75, 3.05) is 13.1 Å². The maximum atomic E-state index is 4.62. The second-order valence-electron chi connectivity index (χ2n) is 9.95. The highest BCUT2D eigenvalue weighted by atomic mass is 15.6. The highest BCUT2D eigenvalue weighted by Gasteiger charge is 2.33. The second-order valence-corrected chi connectivity index (χ2v) is 9.95. The van der Waals surface area contributed by atoms with Gasteiger partial charge in [-0.1, -0.05) is 55.3 Å². The molecule has 2 aliphatic rings. The standard InChI is InChI=1S/C28H32N6/c1-2-7-21(8-3-1)19-22-14-17-33(18-15-22)27(24-12-13-26-23(20-24)9-6-16-29-26)28-30-31-32-34(28)25-10-4-5-11-25/h1-3,6-9,12-13,16,20,22,25,27H,4-5,10-11,14-15,17-19H2. The summed E-state index contributed by atoms with van der Waals surface area (Å²) in [4.78, 5) is 7.14. The Morgan fingerprint density at radius 2 is 1.71 bits per heavy atom. The Morgan fingerprint density at radius 3 is 2.53 bits per heavy atom. The molecule has 0 radical (unpaired) electrons. The van der Waals surface area contributed by atoms with Crippen LogP contribution in [0.15, 0.2) is 66.9 Å². The fourth-order valence-corrected chi connectivity index (χ4v) is 5.94. The molecule has 0 amide bonds. The molecule has 174 valence electrons. The van der Waals surface area contributed by atoms with E-state index in [2.05, 4.69) is 84.7 Å². The summed E-state index contributed by atoms with van der Waals surface area (Å²) in [6, 6.07) is 22.2.